The van der Waals surface area contributed by atoms with Crippen LogP contribution in [0.1, 0.15) is 20.3 Å². The van der Waals surface area contributed by atoms with Gasteiger partial charge in [-0.15, -0.1) is 11.8 Å². The molecule has 0 saturated carbocycles. The monoisotopic (exact) mass is 389 g/mol. The Morgan fingerprint density at radius 3 is 2.42 bits per heavy atom. The van der Waals surface area contributed by atoms with E-state index >= 15 is 0 Å². The van der Waals surface area contributed by atoms with Gasteiger partial charge in [-0.05, 0) is 50.2 Å². The molecule has 0 aromatic heterocycles. The zero-order chi connectivity index (χ0) is 18.9. The second-order valence-corrected chi connectivity index (χ2v) is 7.48. The van der Waals surface area contributed by atoms with Gasteiger partial charge in [0, 0.05) is 21.3 Å². The lowest BCUT2D eigenvalue weighted by Crippen LogP contribution is -2.28. The number of hydrazone groups is 1. The van der Waals surface area contributed by atoms with Crippen molar-refractivity contribution in [2.75, 3.05) is 5.32 Å². The first kappa shape index (κ1) is 20.0. The van der Waals surface area contributed by atoms with Crippen LogP contribution in [0.5, 0.6) is 0 Å². The molecule has 0 aliphatic heterocycles. The molecule has 2 amide bonds. The fraction of sp³-hybridized carbons (Fsp3) is 0.211. The third-order valence-corrected chi connectivity index (χ3v) is 4.69. The summed E-state index contributed by atoms with van der Waals surface area (Å²) in [6.45, 7) is 3.49. The molecule has 2 rings (SSSR count). The summed E-state index contributed by atoms with van der Waals surface area (Å²) in [6, 6.07) is 16.5. The van der Waals surface area contributed by atoms with Crippen molar-refractivity contribution in [3.05, 3.63) is 59.6 Å². The Hall–Kier alpha value is -2.31. The van der Waals surface area contributed by atoms with Gasteiger partial charge in [0.2, 0.25) is 5.91 Å². The standard InChI is InChI=1S/C19H20ClN3O2S/c1-13(12-18(24)21-16-6-4-3-5-7-16)22-23-19(25)14(2)26-17-10-8-15(20)9-11-17/h3-11,14H,12H2,1-2H3,(H,21,24)(H,23,25)/b22-13-/t14-/m1/s1. The fourth-order valence-corrected chi connectivity index (χ4v) is 3.00. The number of nitrogens with one attached hydrogen (secondary N) is 2. The molecule has 0 fully saturated rings. The van der Waals surface area contributed by atoms with Crippen LogP contribution >= 0.6 is 23.4 Å². The molecular weight excluding hydrogens is 370 g/mol. The Balaban J connectivity index is 1.80. The highest BCUT2D eigenvalue weighted by molar-refractivity contribution is 8.00. The minimum Gasteiger partial charge on any atom is -0.326 e. The first-order valence-corrected chi connectivity index (χ1v) is 9.30. The van der Waals surface area contributed by atoms with E-state index in [2.05, 4.69) is 15.8 Å². The lowest BCUT2D eigenvalue weighted by atomic mass is 10.2. The number of amides is 2. The summed E-state index contributed by atoms with van der Waals surface area (Å²) in [4.78, 5) is 25.0. The van der Waals surface area contributed by atoms with Gasteiger partial charge in [0.1, 0.15) is 0 Å². The summed E-state index contributed by atoms with van der Waals surface area (Å²) in [5, 5.41) is 7.10. The lowest BCUT2D eigenvalue weighted by Gasteiger charge is -2.10. The van der Waals surface area contributed by atoms with E-state index in [1.165, 1.54) is 11.8 Å². The summed E-state index contributed by atoms with van der Waals surface area (Å²) in [7, 11) is 0. The van der Waals surface area contributed by atoms with Gasteiger partial charge in [-0.25, -0.2) is 5.43 Å². The van der Waals surface area contributed by atoms with Gasteiger partial charge in [-0.2, -0.15) is 5.10 Å². The number of rotatable bonds is 7. The maximum absolute atomic E-state index is 12.1. The quantitative estimate of drug-likeness (QED) is 0.420. The summed E-state index contributed by atoms with van der Waals surface area (Å²) >= 11 is 7.26. The smallest absolute Gasteiger partial charge is 0.253 e. The van der Waals surface area contributed by atoms with Crippen molar-refractivity contribution in [2.45, 2.75) is 30.4 Å². The Kier molecular flexibility index (Phi) is 7.69. The van der Waals surface area contributed by atoms with Gasteiger partial charge >= 0.3 is 0 Å². The Labute approximate surface area is 162 Å². The normalized spacial score (nSPS) is 12.3. The maximum atomic E-state index is 12.1. The first-order valence-electron chi connectivity index (χ1n) is 8.04. The topological polar surface area (TPSA) is 70.6 Å². The second kappa shape index (κ2) is 9.99. The molecule has 0 spiro atoms. The molecule has 0 aliphatic carbocycles. The summed E-state index contributed by atoms with van der Waals surface area (Å²) in [6.07, 6.45) is 0.105. The van der Waals surface area contributed by atoms with Crippen molar-refractivity contribution >= 4 is 46.6 Å². The molecule has 2 aromatic carbocycles. The highest BCUT2D eigenvalue weighted by atomic mass is 35.5. The van der Waals surface area contributed by atoms with Gasteiger partial charge in [-0.3, -0.25) is 9.59 Å². The zero-order valence-electron chi connectivity index (χ0n) is 14.5. The van der Waals surface area contributed by atoms with Gasteiger partial charge < -0.3 is 5.32 Å². The molecule has 0 bridgehead atoms. The fourth-order valence-electron chi connectivity index (χ4n) is 2.01. The van der Waals surface area contributed by atoms with Crippen LogP contribution in [-0.2, 0) is 9.59 Å². The number of hydrogen-bond donors (Lipinski definition) is 2. The largest absolute Gasteiger partial charge is 0.326 e. The zero-order valence-corrected chi connectivity index (χ0v) is 16.1. The maximum Gasteiger partial charge on any atom is 0.253 e. The third-order valence-electron chi connectivity index (χ3n) is 3.33. The first-order chi connectivity index (χ1) is 12.4. The number of carbonyl (C=O) groups is 2. The minimum atomic E-state index is -0.328. The Morgan fingerprint density at radius 2 is 1.77 bits per heavy atom. The van der Waals surface area contributed by atoms with Gasteiger partial charge in [0.15, 0.2) is 0 Å². The molecule has 136 valence electrons. The molecule has 2 aromatic rings. The average Bonchev–Trinajstić information content (AvgIpc) is 2.62. The molecule has 2 N–H and O–H groups in total. The van der Waals surface area contributed by atoms with Crippen molar-refractivity contribution < 1.29 is 9.59 Å². The van der Waals surface area contributed by atoms with Crippen LogP contribution in [0.4, 0.5) is 5.69 Å². The van der Waals surface area contributed by atoms with E-state index in [1.807, 2.05) is 42.5 Å². The highest BCUT2D eigenvalue weighted by Crippen LogP contribution is 2.24. The molecule has 1 atom stereocenters. The van der Waals surface area contributed by atoms with Gasteiger partial charge in [-0.1, -0.05) is 29.8 Å². The van der Waals surface area contributed by atoms with Crippen LogP contribution in [-0.4, -0.2) is 22.8 Å². The summed E-state index contributed by atoms with van der Waals surface area (Å²) in [5.74, 6) is -0.414. The predicted octanol–water partition coefficient (Wildman–Crippen LogP) is 4.34. The van der Waals surface area contributed by atoms with Crippen LogP contribution in [0.15, 0.2) is 64.6 Å². The van der Waals surface area contributed by atoms with Crippen molar-refractivity contribution in [3.63, 3.8) is 0 Å². The van der Waals surface area contributed by atoms with E-state index in [4.69, 9.17) is 11.6 Å². The second-order valence-electron chi connectivity index (χ2n) is 5.63. The van der Waals surface area contributed by atoms with Crippen molar-refractivity contribution in [1.29, 1.82) is 0 Å². The molecule has 0 radical (unpaired) electrons. The lowest BCUT2D eigenvalue weighted by molar-refractivity contribution is -0.120. The van der Waals surface area contributed by atoms with Crippen LogP contribution < -0.4 is 10.7 Å². The molecule has 0 saturated heterocycles. The van der Waals surface area contributed by atoms with E-state index in [1.54, 1.807) is 26.0 Å². The van der Waals surface area contributed by atoms with Gasteiger partial charge in [0.05, 0.1) is 11.7 Å². The number of halogens is 1. The van der Waals surface area contributed by atoms with E-state index in [0.717, 1.165) is 10.6 Å². The number of benzene rings is 2. The number of carbonyl (C=O) groups excluding carboxylic acids is 2. The molecule has 26 heavy (non-hydrogen) atoms. The molecular formula is C19H20ClN3O2S. The number of para-hydroxylation sites is 1. The SMILES string of the molecule is C/C(CC(=O)Nc1ccccc1)=N/NC(=O)[C@@H](C)Sc1ccc(Cl)cc1. The number of anilines is 1. The van der Waals surface area contributed by atoms with Crippen LogP contribution in [0.3, 0.4) is 0 Å². The molecule has 0 aliphatic rings. The number of nitrogens with zero attached hydrogens (tertiary/aromatic N) is 1. The Bertz CT molecular complexity index is 779. The molecule has 7 heteroatoms. The third kappa shape index (κ3) is 6.90. The van der Waals surface area contributed by atoms with E-state index in [-0.39, 0.29) is 23.5 Å². The van der Waals surface area contributed by atoms with E-state index < -0.39 is 0 Å². The minimum absolute atomic E-state index is 0.105. The van der Waals surface area contributed by atoms with Gasteiger partial charge in [0.25, 0.3) is 5.91 Å². The van der Waals surface area contributed by atoms with Crippen molar-refractivity contribution in [2.24, 2.45) is 5.10 Å². The Morgan fingerprint density at radius 1 is 1.12 bits per heavy atom. The van der Waals surface area contributed by atoms with Crippen LogP contribution in [0.2, 0.25) is 5.02 Å². The summed E-state index contributed by atoms with van der Waals surface area (Å²) in [5.41, 5.74) is 3.75. The molecule has 0 unspecified atom stereocenters. The average molecular weight is 390 g/mol. The van der Waals surface area contributed by atoms with E-state index in [0.29, 0.717) is 10.7 Å². The van der Waals surface area contributed by atoms with Crippen LogP contribution in [0, 0.1) is 0 Å². The van der Waals surface area contributed by atoms with Crippen molar-refractivity contribution in [1.82, 2.24) is 5.43 Å². The summed E-state index contributed by atoms with van der Waals surface area (Å²) < 4.78 is 0. The molecule has 0 heterocycles. The van der Waals surface area contributed by atoms with Crippen molar-refractivity contribution in [3.8, 4) is 0 Å². The number of thioether (sulfide) groups is 1. The molecule has 5 nitrogen and oxygen atoms in total. The predicted molar refractivity (Wildman–Crippen MR) is 108 cm³/mol. The van der Waals surface area contributed by atoms with Crippen LogP contribution in [0.25, 0.3) is 0 Å². The highest BCUT2D eigenvalue weighted by Gasteiger charge is 2.14. The van der Waals surface area contributed by atoms with E-state index in [9.17, 15) is 9.59 Å². The number of hydrogen-bond acceptors (Lipinski definition) is 4.